The van der Waals surface area contributed by atoms with E-state index in [4.69, 9.17) is 4.74 Å². The van der Waals surface area contributed by atoms with Gasteiger partial charge in [-0.15, -0.1) is 0 Å². The number of aliphatic imine (C=N–C) groups is 1. The molecule has 0 saturated heterocycles. The lowest BCUT2D eigenvalue weighted by molar-refractivity contribution is -0.145. The number of hydrogen-bond donors (Lipinski definition) is 0. The summed E-state index contributed by atoms with van der Waals surface area (Å²) in [5, 5.41) is 0. The van der Waals surface area contributed by atoms with Gasteiger partial charge in [-0.1, -0.05) is 103 Å². The van der Waals surface area contributed by atoms with Crippen LogP contribution in [0.1, 0.15) is 110 Å². The first-order valence-electron chi connectivity index (χ1n) is 11.7. The summed E-state index contributed by atoms with van der Waals surface area (Å²) in [5.74, 6) is -0.300. The van der Waals surface area contributed by atoms with E-state index in [9.17, 15) is 4.79 Å². The highest BCUT2D eigenvalue weighted by molar-refractivity contribution is 5.87. The lowest BCUT2D eigenvalue weighted by Crippen LogP contribution is -2.28. The van der Waals surface area contributed by atoms with Crippen LogP contribution in [0.4, 0.5) is 0 Å². The number of hydrogen-bond acceptors (Lipinski definition) is 3. The number of ether oxygens (including phenoxy) is 1. The minimum atomic E-state index is -0.300. The van der Waals surface area contributed by atoms with Crippen molar-refractivity contribution in [3.05, 3.63) is 24.3 Å². The number of esters is 1. The van der Waals surface area contributed by atoms with E-state index in [2.05, 4.69) is 18.5 Å². The maximum atomic E-state index is 11.9. The second-order valence-corrected chi connectivity index (χ2v) is 8.28. The fraction of sp³-hybridized carbons (Fsp3) is 0.760. The van der Waals surface area contributed by atoms with Crippen molar-refractivity contribution in [3.8, 4) is 0 Å². The Morgan fingerprint density at radius 3 is 1.86 bits per heavy atom. The largest absolute Gasteiger partial charge is 0.456 e. The van der Waals surface area contributed by atoms with Crippen LogP contribution in [0.25, 0.3) is 0 Å². The lowest BCUT2D eigenvalue weighted by Gasteiger charge is -2.21. The molecule has 0 saturated carbocycles. The van der Waals surface area contributed by atoms with Gasteiger partial charge in [-0.2, -0.15) is 0 Å². The van der Waals surface area contributed by atoms with E-state index in [1.54, 1.807) is 13.1 Å². The maximum absolute atomic E-state index is 11.9. The van der Waals surface area contributed by atoms with Gasteiger partial charge < -0.3 is 4.74 Å². The third-order valence-corrected chi connectivity index (χ3v) is 5.48. The molecule has 0 aliphatic carbocycles. The Labute approximate surface area is 173 Å². The van der Waals surface area contributed by atoms with Crippen molar-refractivity contribution >= 4 is 12.2 Å². The van der Waals surface area contributed by atoms with Crippen LogP contribution in [0, 0.1) is 0 Å². The fourth-order valence-electron chi connectivity index (χ4n) is 3.66. The molecule has 3 nitrogen and oxygen atoms in total. The molecule has 0 N–H and O–H groups in total. The first-order chi connectivity index (χ1) is 13.6. The Bertz CT molecular complexity index is 469. The minimum Gasteiger partial charge on any atom is -0.456 e. The second kappa shape index (κ2) is 16.6. The molecule has 160 valence electrons. The summed E-state index contributed by atoms with van der Waals surface area (Å²) in [5.41, 5.74) is 0.455. The molecule has 1 aliphatic rings. The molecule has 0 bridgehead atoms. The van der Waals surface area contributed by atoms with Crippen LogP contribution in [-0.2, 0) is 9.53 Å². The van der Waals surface area contributed by atoms with Crippen LogP contribution in [0.2, 0.25) is 0 Å². The van der Waals surface area contributed by atoms with E-state index in [0.29, 0.717) is 5.57 Å². The van der Waals surface area contributed by atoms with Crippen molar-refractivity contribution < 1.29 is 9.53 Å². The molecular formula is C25H43NO2. The Morgan fingerprint density at radius 1 is 0.929 bits per heavy atom. The Kier molecular flexibility index (Phi) is 14.6. The monoisotopic (exact) mass is 389 g/mol. The average Bonchev–Trinajstić information content (AvgIpc) is 3.21. The molecule has 3 heteroatoms. The van der Waals surface area contributed by atoms with Gasteiger partial charge >= 0.3 is 5.97 Å². The summed E-state index contributed by atoms with van der Waals surface area (Å²) < 4.78 is 5.61. The second-order valence-electron chi connectivity index (χ2n) is 8.28. The molecule has 2 unspecified atom stereocenters. The molecule has 1 rings (SSSR count). The fourth-order valence-corrected chi connectivity index (χ4v) is 3.66. The predicted molar refractivity (Wildman–Crippen MR) is 121 cm³/mol. The van der Waals surface area contributed by atoms with Gasteiger partial charge in [0.1, 0.15) is 12.1 Å². The van der Waals surface area contributed by atoms with E-state index in [0.717, 1.165) is 12.8 Å². The van der Waals surface area contributed by atoms with Crippen LogP contribution >= 0.6 is 0 Å². The molecule has 0 radical (unpaired) electrons. The highest BCUT2D eigenvalue weighted by Crippen LogP contribution is 2.19. The van der Waals surface area contributed by atoms with Crippen molar-refractivity contribution in [2.75, 3.05) is 0 Å². The van der Waals surface area contributed by atoms with Gasteiger partial charge in [0, 0.05) is 11.8 Å². The zero-order chi connectivity index (χ0) is 20.5. The quantitative estimate of drug-likeness (QED) is 0.140. The van der Waals surface area contributed by atoms with Crippen molar-refractivity contribution in [1.82, 2.24) is 0 Å². The molecule has 0 aromatic rings. The number of carbonyl (C=O) groups excluding carboxylic acids is 1. The molecule has 0 amide bonds. The summed E-state index contributed by atoms with van der Waals surface area (Å²) in [6, 6.07) is -0.0229. The minimum absolute atomic E-state index is 0.0229. The van der Waals surface area contributed by atoms with E-state index in [1.807, 2.05) is 12.2 Å². The van der Waals surface area contributed by atoms with Crippen molar-refractivity contribution in [2.45, 2.75) is 122 Å². The van der Waals surface area contributed by atoms with Crippen LogP contribution in [0.15, 0.2) is 29.3 Å². The van der Waals surface area contributed by atoms with Crippen LogP contribution in [0.5, 0.6) is 0 Å². The Hall–Kier alpha value is -1.38. The van der Waals surface area contributed by atoms with E-state index < -0.39 is 0 Å². The van der Waals surface area contributed by atoms with Crippen LogP contribution in [0.3, 0.4) is 0 Å². The number of allylic oxidation sites excluding steroid dienone is 1. The SMILES string of the molecule is C=C(C)C(=O)OC(CCCCCCCCCCCCCCCC)C1C=CC=N1. The molecule has 0 fully saturated rings. The summed E-state index contributed by atoms with van der Waals surface area (Å²) in [6.45, 7) is 7.65. The highest BCUT2D eigenvalue weighted by Gasteiger charge is 2.23. The zero-order valence-electron chi connectivity index (χ0n) is 18.5. The van der Waals surface area contributed by atoms with E-state index in [1.165, 1.54) is 83.5 Å². The molecule has 0 aromatic heterocycles. The van der Waals surface area contributed by atoms with Gasteiger partial charge in [-0.3, -0.25) is 4.99 Å². The molecule has 0 spiro atoms. The maximum Gasteiger partial charge on any atom is 0.333 e. The van der Waals surface area contributed by atoms with Crippen molar-refractivity contribution in [1.29, 1.82) is 0 Å². The number of unbranched alkanes of at least 4 members (excludes halogenated alkanes) is 13. The molecule has 1 heterocycles. The van der Waals surface area contributed by atoms with Gasteiger partial charge in [-0.05, 0) is 25.8 Å². The third kappa shape index (κ3) is 12.2. The normalized spacial score (nSPS) is 16.4. The van der Waals surface area contributed by atoms with Gasteiger partial charge in [-0.25, -0.2) is 4.79 Å². The molecular weight excluding hydrogens is 346 g/mol. The van der Waals surface area contributed by atoms with E-state index in [-0.39, 0.29) is 18.1 Å². The first kappa shape index (κ1) is 24.7. The summed E-state index contributed by atoms with van der Waals surface area (Å²) >= 11 is 0. The zero-order valence-corrected chi connectivity index (χ0v) is 18.5. The van der Waals surface area contributed by atoms with Gasteiger partial charge in [0.15, 0.2) is 0 Å². The van der Waals surface area contributed by atoms with Crippen LogP contribution in [-0.4, -0.2) is 24.3 Å². The van der Waals surface area contributed by atoms with Crippen molar-refractivity contribution in [2.24, 2.45) is 4.99 Å². The van der Waals surface area contributed by atoms with Gasteiger partial charge in [0.05, 0.1) is 0 Å². The average molecular weight is 390 g/mol. The summed E-state index contributed by atoms with van der Waals surface area (Å²) in [4.78, 5) is 16.2. The molecule has 2 atom stereocenters. The van der Waals surface area contributed by atoms with Crippen LogP contribution < -0.4 is 0 Å². The van der Waals surface area contributed by atoms with Crippen molar-refractivity contribution in [3.63, 3.8) is 0 Å². The predicted octanol–water partition coefficient (Wildman–Crippen LogP) is 7.35. The lowest BCUT2D eigenvalue weighted by atomic mass is 10.0. The number of carbonyl (C=O) groups is 1. The Balaban J connectivity index is 1.99. The molecule has 28 heavy (non-hydrogen) atoms. The number of nitrogens with zero attached hydrogens (tertiary/aromatic N) is 1. The smallest absolute Gasteiger partial charge is 0.333 e. The number of rotatable bonds is 18. The highest BCUT2D eigenvalue weighted by atomic mass is 16.5. The first-order valence-corrected chi connectivity index (χ1v) is 11.7. The molecule has 0 aromatic carbocycles. The van der Waals surface area contributed by atoms with Gasteiger partial charge in [0.25, 0.3) is 0 Å². The topological polar surface area (TPSA) is 38.7 Å². The van der Waals surface area contributed by atoms with Gasteiger partial charge in [0.2, 0.25) is 0 Å². The third-order valence-electron chi connectivity index (χ3n) is 5.48. The molecule has 1 aliphatic heterocycles. The summed E-state index contributed by atoms with van der Waals surface area (Å²) in [6.07, 6.45) is 25.4. The Morgan fingerprint density at radius 2 is 1.43 bits per heavy atom. The summed E-state index contributed by atoms with van der Waals surface area (Å²) in [7, 11) is 0. The standard InChI is InChI=1S/C25H43NO2/c1-4-5-6-7-8-9-10-11-12-13-14-15-16-17-20-24(23-19-18-21-26-23)28-25(27)22(2)3/h18-19,21,23-24H,2,4-17,20H2,1,3H3. The van der Waals surface area contributed by atoms with E-state index >= 15 is 0 Å².